The smallest absolute Gasteiger partial charge is 0.336 e. The van der Waals surface area contributed by atoms with Gasteiger partial charge in [0.25, 0.3) is 0 Å². The highest BCUT2D eigenvalue weighted by Gasteiger charge is 2.54. The lowest BCUT2D eigenvalue weighted by atomic mass is 9.69. The number of nitriles is 1. The summed E-state index contributed by atoms with van der Waals surface area (Å²) in [6.45, 7) is 5.61. The van der Waals surface area contributed by atoms with Crippen molar-refractivity contribution in [2.45, 2.75) is 26.7 Å². The van der Waals surface area contributed by atoms with E-state index in [-0.39, 0.29) is 19.8 Å². The van der Waals surface area contributed by atoms with Crippen molar-refractivity contribution in [3.8, 4) is 6.07 Å². The molecule has 2 rings (SSSR count). The zero-order chi connectivity index (χ0) is 17.7. The van der Waals surface area contributed by atoms with E-state index in [0.717, 1.165) is 4.88 Å². The molecule has 2 atom stereocenters. The molecule has 0 amide bonds. The normalized spacial score (nSPS) is 23.2. The summed E-state index contributed by atoms with van der Waals surface area (Å²) < 4.78 is 10.3. The Balaban J connectivity index is 2.63. The fourth-order valence-electron chi connectivity index (χ4n) is 2.85. The quantitative estimate of drug-likeness (QED) is 0.822. The van der Waals surface area contributed by atoms with E-state index >= 15 is 0 Å². The predicted molar refractivity (Wildman–Crippen MR) is 89.1 cm³/mol. The summed E-state index contributed by atoms with van der Waals surface area (Å²) in [5.74, 6) is -1.88. The van der Waals surface area contributed by atoms with Gasteiger partial charge in [0, 0.05) is 17.1 Å². The molecule has 128 valence electrons. The molecule has 1 aliphatic rings. The van der Waals surface area contributed by atoms with Crippen molar-refractivity contribution in [2.24, 2.45) is 5.41 Å². The van der Waals surface area contributed by atoms with Gasteiger partial charge in [0.15, 0.2) is 5.41 Å². The maximum absolute atomic E-state index is 12.6. The average Bonchev–Trinajstić information content (AvgIpc) is 3.09. The maximum Gasteiger partial charge on any atom is 0.336 e. The van der Waals surface area contributed by atoms with Crippen LogP contribution in [0.15, 0.2) is 28.8 Å². The fraction of sp³-hybridized carbons (Fsp3) is 0.471. The van der Waals surface area contributed by atoms with E-state index in [1.807, 2.05) is 17.5 Å². The summed E-state index contributed by atoms with van der Waals surface area (Å²) in [5, 5.41) is 14.7. The molecule has 0 spiro atoms. The molecule has 1 aliphatic heterocycles. The van der Waals surface area contributed by atoms with Gasteiger partial charge in [-0.2, -0.15) is 5.26 Å². The van der Waals surface area contributed by atoms with Gasteiger partial charge in [-0.25, -0.2) is 4.79 Å². The molecule has 6 nitrogen and oxygen atoms in total. The molecule has 1 aromatic heterocycles. The molecule has 0 fully saturated rings. The minimum atomic E-state index is -1.51. The number of thiophene rings is 1. The van der Waals surface area contributed by atoms with Gasteiger partial charge in [-0.15, -0.1) is 11.3 Å². The number of carbonyl (C=O) groups is 2. The summed E-state index contributed by atoms with van der Waals surface area (Å²) in [6.07, 6.45) is 0. The monoisotopic (exact) mass is 348 g/mol. The third-order valence-electron chi connectivity index (χ3n) is 3.98. The summed E-state index contributed by atoms with van der Waals surface area (Å²) in [5.41, 5.74) is -0.593. The van der Waals surface area contributed by atoms with Gasteiger partial charge in [0.1, 0.15) is 0 Å². The number of nitrogens with zero attached hydrogens (tertiary/aromatic N) is 1. The Kier molecular flexibility index (Phi) is 5.62. The Bertz CT molecular complexity index is 690. The molecule has 2 unspecified atom stereocenters. The highest BCUT2D eigenvalue weighted by atomic mass is 32.1. The van der Waals surface area contributed by atoms with Crippen molar-refractivity contribution in [3.63, 3.8) is 0 Å². The lowest BCUT2D eigenvalue weighted by Gasteiger charge is -2.38. The first kappa shape index (κ1) is 18.0. The van der Waals surface area contributed by atoms with E-state index in [2.05, 4.69) is 11.4 Å². The number of hydrogen-bond donors (Lipinski definition) is 1. The van der Waals surface area contributed by atoms with E-state index in [9.17, 15) is 14.9 Å². The SMILES string of the molecule is CCOC(=O)C1=C(C)NCC(C#N)(C(=O)OCC)C1c1cccs1. The minimum absolute atomic E-state index is 0.0830. The Labute approximate surface area is 145 Å². The maximum atomic E-state index is 12.6. The molecule has 0 radical (unpaired) electrons. The molecule has 1 aromatic rings. The second kappa shape index (κ2) is 7.49. The van der Waals surface area contributed by atoms with Crippen molar-refractivity contribution >= 4 is 23.3 Å². The third-order valence-corrected chi connectivity index (χ3v) is 4.92. The van der Waals surface area contributed by atoms with Crippen molar-refractivity contribution in [2.75, 3.05) is 19.8 Å². The van der Waals surface area contributed by atoms with E-state index in [4.69, 9.17) is 9.47 Å². The molecule has 0 saturated heterocycles. The number of hydrogen-bond acceptors (Lipinski definition) is 7. The zero-order valence-corrected chi connectivity index (χ0v) is 14.7. The highest BCUT2D eigenvalue weighted by Crippen LogP contribution is 2.47. The molecular formula is C17H20N2O4S. The van der Waals surface area contributed by atoms with Crippen LogP contribution < -0.4 is 5.32 Å². The molecule has 2 heterocycles. The molecule has 24 heavy (non-hydrogen) atoms. The highest BCUT2D eigenvalue weighted by molar-refractivity contribution is 7.10. The van der Waals surface area contributed by atoms with E-state index in [1.165, 1.54) is 11.3 Å². The van der Waals surface area contributed by atoms with Gasteiger partial charge >= 0.3 is 11.9 Å². The number of carbonyl (C=O) groups excluding carboxylic acids is 2. The lowest BCUT2D eigenvalue weighted by molar-refractivity contribution is -0.153. The standard InChI is InChI=1S/C17H20N2O4S/c1-4-22-15(20)13-11(3)19-10-17(9-18,16(21)23-5-2)14(13)12-7-6-8-24-12/h6-8,14,19H,4-5,10H2,1-3H3. The van der Waals surface area contributed by atoms with Crippen molar-refractivity contribution in [1.82, 2.24) is 5.32 Å². The van der Waals surface area contributed by atoms with Crippen LogP contribution in [0.1, 0.15) is 31.6 Å². The van der Waals surface area contributed by atoms with Crippen LogP contribution in [0, 0.1) is 16.7 Å². The lowest BCUT2D eigenvalue weighted by Crippen LogP contribution is -2.50. The topological polar surface area (TPSA) is 88.4 Å². The van der Waals surface area contributed by atoms with E-state index in [0.29, 0.717) is 11.3 Å². The van der Waals surface area contributed by atoms with Crippen LogP contribution in [-0.2, 0) is 19.1 Å². The van der Waals surface area contributed by atoms with Crippen LogP contribution in [-0.4, -0.2) is 31.7 Å². The van der Waals surface area contributed by atoms with Gasteiger partial charge in [-0.1, -0.05) is 6.07 Å². The number of nitrogens with one attached hydrogen (secondary N) is 1. The Morgan fingerprint density at radius 3 is 2.67 bits per heavy atom. The molecule has 0 aliphatic carbocycles. The first-order valence-corrected chi connectivity index (χ1v) is 8.63. The average molecular weight is 348 g/mol. The first-order chi connectivity index (χ1) is 11.5. The Hall–Kier alpha value is -2.33. The Morgan fingerprint density at radius 2 is 2.12 bits per heavy atom. The van der Waals surface area contributed by atoms with Gasteiger partial charge < -0.3 is 14.8 Å². The minimum Gasteiger partial charge on any atom is -0.465 e. The van der Waals surface area contributed by atoms with Crippen LogP contribution in [0.2, 0.25) is 0 Å². The van der Waals surface area contributed by atoms with Crippen molar-refractivity contribution in [1.29, 1.82) is 5.26 Å². The summed E-state index contributed by atoms with van der Waals surface area (Å²) in [4.78, 5) is 25.9. The Morgan fingerprint density at radius 1 is 1.42 bits per heavy atom. The van der Waals surface area contributed by atoms with E-state index < -0.39 is 23.3 Å². The largest absolute Gasteiger partial charge is 0.465 e. The fourth-order valence-corrected chi connectivity index (χ4v) is 3.78. The second-order valence-corrected chi connectivity index (χ2v) is 6.34. The second-order valence-electron chi connectivity index (χ2n) is 5.36. The van der Waals surface area contributed by atoms with Crippen LogP contribution in [0.5, 0.6) is 0 Å². The number of rotatable bonds is 5. The van der Waals surface area contributed by atoms with Gasteiger partial charge in [0.05, 0.1) is 30.8 Å². The van der Waals surface area contributed by atoms with Gasteiger partial charge in [0.2, 0.25) is 0 Å². The van der Waals surface area contributed by atoms with Crippen LogP contribution >= 0.6 is 11.3 Å². The predicted octanol–water partition coefficient (Wildman–Crippen LogP) is 2.35. The molecule has 1 N–H and O–H groups in total. The number of esters is 2. The molecule has 0 bridgehead atoms. The third kappa shape index (κ3) is 3.02. The van der Waals surface area contributed by atoms with Crippen molar-refractivity contribution < 1.29 is 19.1 Å². The number of allylic oxidation sites excluding steroid dienone is 1. The summed E-state index contributed by atoms with van der Waals surface area (Å²) in [7, 11) is 0. The van der Waals surface area contributed by atoms with Gasteiger partial charge in [-0.05, 0) is 32.2 Å². The van der Waals surface area contributed by atoms with Crippen LogP contribution in [0.4, 0.5) is 0 Å². The first-order valence-electron chi connectivity index (χ1n) is 7.75. The van der Waals surface area contributed by atoms with Crippen molar-refractivity contribution in [3.05, 3.63) is 33.7 Å². The summed E-state index contributed by atoms with van der Waals surface area (Å²) >= 11 is 1.40. The van der Waals surface area contributed by atoms with E-state index in [1.54, 1.807) is 20.8 Å². The molecule has 0 saturated carbocycles. The van der Waals surface area contributed by atoms with Crippen LogP contribution in [0.3, 0.4) is 0 Å². The zero-order valence-electron chi connectivity index (χ0n) is 13.9. The molecular weight excluding hydrogens is 328 g/mol. The van der Waals surface area contributed by atoms with Crippen LogP contribution in [0.25, 0.3) is 0 Å². The summed E-state index contributed by atoms with van der Waals surface area (Å²) in [6, 6.07) is 5.76. The number of ether oxygens (including phenoxy) is 2. The van der Waals surface area contributed by atoms with Gasteiger partial charge in [-0.3, -0.25) is 4.79 Å². The molecule has 7 heteroatoms. The molecule has 0 aromatic carbocycles.